The average molecular weight is 278 g/mol. The van der Waals surface area contributed by atoms with Crippen molar-refractivity contribution in [3.05, 3.63) is 11.6 Å². The summed E-state index contributed by atoms with van der Waals surface area (Å²) in [5, 5.41) is 10.1. The third-order valence-electron chi connectivity index (χ3n) is 4.08. The first-order valence-electron chi connectivity index (χ1n) is 7.43. The summed E-state index contributed by atoms with van der Waals surface area (Å²) in [7, 11) is 0. The Labute approximate surface area is 118 Å². The fourth-order valence-corrected chi connectivity index (χ4v) is 3.04. The van der Waals surface area contributed by atoms with Gasteiger partial charge in [-0.3, -0.25) is 10.00 Å². The molecule has 1 atom stereocenters. The van der Waals surface area contributed by atoms with Crippen LogP contribution < -0.4 is 5.32 Å². The smallest absolute Gasteiger partial charge is 0.317 e. The van der Waals surface area contributed by atoms with Crippen molar-refractivity contribution in [1.82, 2.24) is 30.3 Å². The number of aryl methyl sites for hydroxylation is 1. The molecule has 0 aliphatic carbocycles. The van der Waals surface area contributed by atoms with E-state index in [4.69, 9.17) is 0 Å². The molecule has 0 aromatic carbocycles. The maximum Gasteiger partial charge on any atom is 0.317 e. The molecule has 20 heavy (non-hydrogen) atoms. The van der Waals surface area contributed by atoms with Crippen molar-refractivity contribution in [1.29, 1.82) is 0 Å². The zero-order chi connectivity index (χ0) is 13.9. The standard InChI is InChI=1S/C13H22N6O/c1-2-11-15-12(17-16-11)9-18-6-3-4-10(8-18)19-7-5-14-13(19)20/h10H,2-9H2,1H3,(H,14,20)(H,15,16,17). The molecule has 1 unspecified atom stereocenters. The second kappa shape index (κ2) is 5.78. The summed E-state index contributed by atoms with van der Waals surface area (Å²) in [6.45, 7) is 6.44. The highest BCUT2D eigenvalue weighted by atomic mass is 16.2. The number of hydrogen-bond donors (Lipinski definition) is 2. The number of aromatic nitrogens is 3. The van der Waals surface area contributed by atoms with Crippen molar-refractivity contribution in [2.24, 2.45) is 0 Å². The molecule has 3 heterocycles. The number of nitrogens with zero attached hydrogens (tertiary/aromatic N) is 4. The summed E-state index contributed by atoms with van der Waals surface area (Å²) in [6.07, 6.45) is 3.08. The molecule has 2 amide bonds. The molecule has 2 aliphatic rings. The maximum atomic E-state index is 11.7. The molecule has 7 heteroatoms. The number of amides is 2. The number of nitrogens with one attached hydrogen (secondary N) is 2. The van der Waals surface area contributed by atoms with Crippen LogP contribution in [0.5, 0.6) is 0 Å². The highest BCUT2D eigenvalue weighted by Crippen LogP contribution is 2.18. The van der Waals surface area contributed by atoms with E-state index in [-0.39, 0.29) is 6.03 Å². The first-order valence-corrected chi connectivity index (χ1v) is 7.43. The fourth-order valence-electron chi connectivity index (χ4n) is 3.04. The summed E-state index contributed by atoms with van der Waals surface area (Å²) < 4.78 is 0. The van der Waals surface area contributed by atoms with Crippen molar-refractivity contribution in [2.45, 2.75) is 38.8 Å². The third-order valence-corrected chi connectivity index (χ3v) is 4.08. The summed E-state index contributed by atoms with van der Waals surface area (Å²) in [6, 6.07) is 0.421. The Morgan fingerprint density at radius 2 is 2.30 bits per heavy atom. The van der Waals surface area contributed by atoms with Gasteiger partial charge in [-0.25, -0.2) is 9.78 Å². The monoisotopic (exact) mass is 278 g/mol. The van der Waals surface area contributed by atoms with Crippen LogP contribution in [0.2, 0.25) is 0 Å². The van der Waals surface area contributed by atoms with Gasteiger partial charge in [0.05, 0.1) is 6.54 Å². The minimum Gasteiger partial charge on any atom is -0.336 e. The highest BCUT2D eigenvalue weighted by molar-refractivity contribution is 5.76. The van der Waals surface area contributed by atoms with Gasteiger partial charge in [0, 0.05) is 32.1 Å². The van der Waals surface area contributed by atoms with Crippen LogP contribution in [0.4, 0.5) is 4.79 Å². The third kappa shape index (κ3) is 2.77. The van der Waals surface area contributed by atoms with Gasteiger partial charge >= 0.3 is 6.03 Å². The fraction of sp³-hybridized carbons (Fsp3) is 0.769. The average Bonchev–Trinajstić information content (AvgIpc) is 3.08. The lowest BCUT2D eigenvalue weighted by Gasteiger charge is -2.36. The van der Waals surface area contributed by atoms with E-state index in [9.17, 15) is 4.79 Å². The highest BCUT2D eigenvalue weighted by Gasteiger charge is 2.31. The first kappa shape index (κ1) is 13.4. The number of carbonyl (C=O) groups is 1. The predicted molar refractivity (Wildman–Crippen MR) is 74.2 cm³/mol. The van der Waals surface area contributed by atoms with E-state index in [1.54, 1.807) is 0 Å². The molecule has 0 radical (unpaired) electrons. The molecular formula is C13H22N6O. The quantitative estimate of drug-likeness (QED) is 0.833. The van der Waals surface area contributed by atoms with E-state index in [1.807, 2.05) is 4.90 Å². The van der Waals surface area contributed by atoms with Gasteiger partial charge in [-0.2, -0.15) is 5.10 Å². The van der Waals surface area contributed by atoms with Crippen LogP contribution in [0.1, 0.15) is 31.4 Å². The summed E-state index contributed by atoms with van der Waals surface area (Å²) in [4.78, 5) is 20.5. The van der Waals surface area contributed by atoms with Crippen LogP contribution in [0, 0.1) is 0 Å². The number of hydrogen-bond acceptors (Lipinski definition) is 4. The molecule has 2 saturated heterocycles. The van der Waals surface area contributed by atoms with Gasteiger partial charge in [0.15, 0.2) is 0 Å². The van der Waals surface area contributed by atoms with Crippen LogP contribution in [-0.2, 0) is 13.0 Å². The number of H-pyrrole nitrogens is 1. The molecule has 1 aromatic heterocycles. The van der Waals surface area contributed by atoms with Crippen molar-refractivity contribution < 1.29 is 4.79 Å². The molecule has 0 bridgehead atoms. The lowest BCUT2D eigenvalue weighted by Crippen LogP contribution is -2.48. The topological polar surface area (TPSA) is 77.2 Å². The largest absolute Gasteiger partial charge is 0.336 e. The van der Waals surface area contributed by atoms with E-state index in [2.05, 4.69) is 32.3 Å². The zero-order valence-corrected chi connectivity index (χ0v) is 11.9. The normalized spacial score (nSPS) is 24.1. The Balaban J connectivity index is 1.58. The van der Waals surface area contributed by atoms with Gasteiger partial charge in [0.1, 0.15) is 11.6 Å². The molecule has 2 aliphatic heterocycles. The Bertz CT molecular complexity index is 473. The number of aromatic amines is 1. The minimum absolute atomic E-state index is 0.0878. The number of rotatable bonds is 4. The first-order chi connectivity index (χ1) is 9.76. The van der Waals surface area contributed by atoms with Crippen LogP contribution in [0.3, 0.4) is 0 Å². The molecule has 3 rings (SSSR count). The van der Waals surface area contributed by atoms with Crippen LogP contribution >= 0.6 is 0 Å². The Morgan fingerprint density at radius 1 is 1.40 bits per heavy atom. The van der Waals surface area contributed by atoms with Crippen molar-refractivity contribution in [2.75, 3.05) is 26.2 Å². The molecule has 0 saturated carbocycles. The second-order valence-electron chi connectivity index (χ2n) is 5.51. The summed E-state index contributed by atoms with van der Waals surface area (Å²) in [5.41, 5.74) is 0. The molecule has 1 aromatic rings. The van der Waals surface area contributed by atoms with Crippen molar-refractivity contribution in [3.63, 3.8) is 0 Å². The molecular weight excluding hydrogens is 256 g/mol. The van der Waals surface area contributed by atoms with Gasteiger partial charge < -0.3 is 10.2 Å². The Hall–Kier alpha value is -1.63. The Morgan fingerprint density at radius 3 is 3.00 bits per heavy atom. The van der Waals surface area contributed by atoms with Crippen LogP contribution in [-0.4, -0.2) is 63.2 Å². The lowest BCUT2D eigenvalue weighted by molar-refractivity contribution is 0.120. The summed E-state index contributed by atoms with van der Waals surface area (Å²) >= 11 is 0. The van der Waals surface area contributed by atoms with Gasteiger partial charge in [-0.05, 0) is 19.4 Å². The predicted octanol–water partition coefficient (Wildman–Crippen LogP) is 0.357. The van der Waals surface area contributed by atoms with E-state index in [1.165, 1.54) is 0 Å². The van der Waals surface area contributed by atoms with E-state index in [0.29, 0.717) is 6.04 Å². The SMILES string of the molecule is CCc1n[nH]c(CN2CCCC(N3CCNC3=O)C2)n1. The van der Waals surface area contributed by atoms with Gasteiger partial charge in [0.25, 0.3) is 0 Å². The lowest BCUT2D eigenvalue weighted by atomic mass is 10.0. The van der Waals surface area contributed by atoms with Crippen molar-refractivity contribution in [3.8, 4) is 0 Å². The molecule has 2 N–H and O–H groups in total. The molecule has 0 spiro atoms. The molecule has 2 fully saturated rings. The van der Waals surface area contributed by atoms with E-state index in [0.717, 1.165) is 63.6 Å². The van der Waals surface area contributed by atoms with Gasteiger partial charge in [-0.1, -0.05) is 6.92 Å². The number of carbonyl (C=O) groups excluding carboxylic acids is 1. The molecule has 110 valence electrons. The van der Waals surface area contributed by atoms with E-state index < -0.39 is 0 Å². The molecule has 7 nitrogen and oxygen atoms in total. The summed E-state index contributed by atoms with van der Waals surface area (Å²) in [5.74, 6) is 1.79. The minimum atomic E-state index is 0.0878. The second-order valence-corrected chi connectivity index (χ2v) is 5.51. The van der Waals surface area contributed by atoms with Gasteiger partial charge in [0.2, 0.25) is 0 Å². The number of piperidine rings is 1. The van der Waals surface area contributed by atoms with Crippen LogP contribution in [0.15, 0.2) is 0 Å². The van der Waals surface area contributed by atoms with Crippen molar-refractivity contribution >= 4 is 6.03 Å². The van der Waals surface area contributed by atoms with Gasteiger partial charge in [-0.15, -0.1) is 0 Å². The Kier molecular flexibility index (Phi) is 3.86. The zero-order valence-electron chi connectivity index (χ0n) is 11.9. The number of urea groups is 1. The number of likely N-dealkylation sites (tertiary alicyclic amines) is 1. The maximum absolute atomic E-state index is 11.7. The van der Waals surface area contributed by atoms with Crippen LogP contribution in [0.25, 0.3) is 0 Å². The van der Waals surface area contributed by atoms with E-state index >= 15 is 0 Å².